The van der Waals surface area contributed by atoms with Crippen LogP contribution in [0.25, 0.3) is 0 Å². The van der Waals surface area contributed by atoms with E-state index < -0.39 is 35.8 Å². The Morgan fingerprint density at radius 2 is 1.78 bits per heavy atom. The zero-order chi connectivity index (χ0) is 32.5. The second-order valence-corrected chi connectivity index (χ2v) is 14.1. The maximum absolute atomic E-state index is 14.1. The van der Waals surface area contributed by atoms with Crippen LogP contribution in [-0.2, 0) is 16.1 Å². The molecule has 6 N–H and O–H groups in total. The molecule has 2 aromatic carbocycles. The first-order chi connectivity index (χ1) is 21.3. The Hall–Kier alpha value is -3.44. The molecule has 11 heteroatoms. The molecule has 10 nitrogen and oxygen atoms in total. The minimum atomic E-state index is -1.11. The number of amides is 3. The Labute approximate surface area is 270 Å². The fraction of sp³-hybridized carbons (Fsp3) is 0.500. The highest BCUT2D eigenvalue weighted by Gasteiger charge is 2.43. The van der Waals surface area contributed by atoms with Crippen LogP contribution in [0, 0.1) is 18.3 Å². The predicted octanol–water partition coefficient (Wildman–Crippen LogP) is 3.77. The fourth-order valence-corrected chi connectivity index (χ4v) is 6.57. The third-order valence-electron chi connectivity index (χ3n) is 9.28. The molecule has 0 spiro atoms. The van der Waals surface area contributed by atoms with Gasteiger partial charge in [0.05, 0.1) is 17.8 Å². The molecule has 1 aliphatic heterocycles. The molecule has 2 aliphatic carbocycles. The number of anilines is 1. The molecule has 0 bridgehead atoms. The summed E-state index contributed by atoms with van der Waals surface area (Å²) < 4.78 is 0. The number of piperazine rings is 1. The number of aliphatic hydroxyl groups excluding tert-OH is 1. The van der Waals surface area contributed by atoms with Gasteiger partial charge in [0.1, 0.15) is 12.3 Å². The Balaban J connectivity index is 1.32. The van der Waals surface area contributed by atoms with E-state index in [0.717, 1.165) is 29.5 Å². The number of aliphatic hydroxyl groups is 1. The fourth-order valence-electron chi connectivity index (χ4n) is 6.44. The van der Waals surface area contributed by atoms with Crippen LogP contribution in [-0.4, -0.2) is 76.6 Å². The average molecular weight is 637 g/mol. The van der Waals surface area contributed by atoms with E-state index in [1.807, 2.05) is 76.2 Å². The van der Waals surface area contributed by atoms with Gasteiger partial charge < -0.3 is 26.4 Å². The van der Waals surface area contributed by atoms with Crippen LogP contribution in [0.5, 0.6) is 0 Å². The molecule has 3 unspecified atom stereocenters. The zero-order valence-corrected chi connectivity index (χ0v) is 27.2. The molecule has 0 aromatic heterocycles. The molecule has 3 aliphatic rings. The van der Waals surface area contributed by atoms with E-state index in [1.54, 1.807) is 4.90 Å². The van der Waals surface area contributed by atoms with E-state index in [9.17, 15) is 19.5 Å². The lowest BCUT2D eigenvalue weighted by Gasteiger charge is -2.46. The van der Waals surface area contributed by atoms with E-state index in [-0.39, 0.29) is 24.2 Å². The summed E-state index contributed by atoms with van der Waals surface area (Å²) in [5.74, 6) is -0.138. The van der Waals surface area contributed by atoms with Crippen molar-refractivity contribution >= 4 is 35.0 Å². The number of nitrogens with two attached hydrogens (primary N) is 1. The van der Waals surface area contributed by atoms with Crippen molar-refractivity contribution < 1.29 is 19.5 Å². The van der Waals surface area contributed by atoms with Crippen molar-refractivity contribution in [3.8, 4) is 0 Å². The minimum Gasteiger partial charge on any atom is -0.396 e. The summed E-state index contributed by atoms with van der Waals surface area (Å²) in [6.07, 6.45) is 1.34. The second kappa shape index (κ2) is 13.5. The van der Waals surface area contributed by atoms with Crippen molar-refractivity contribution in [3.63, 3.8) is 0 Å². The van der Waals surface area contributed by atoms with E-state index in [2.05, 4.69) is 20.9 Å². The molecule has 0 radical (unpaired) electrons. The number of benzene rings is 2. The number of urea groups is 1. The van der Waals surface area contributed by atoms with Crippen molar-refractivity contribution in [2.45, 2.75) is 77.9 Å². The van der Waals surface area contributed by atoms with Crippen LogP contribution < -0.4 is 21.7 Å². The zero-order valence-electron chi connectivity index (χ0n) is 26.5. The highest BCUT2D eigenvalue weighted by molar-refractivity contribution is 6.30. The quantitative estimate of drug-likeness (QED) is 0.278. The van der Waals surface area contributed by atoms with E-state index in [0.29, 0.717) is 42.5 Å². The van der Waals surface area contributed by atoms with Crippen molar-refractivity contribution in [3.05, 3.63) is 76.0 Å². The largest absolute Gasteiger partial charge is 0.396 e. The number of nitrogens with zero attached hydrogens (tertiary/aromatic N) is 2. The van der Waals surface area contributed by atoms with Gasteiger partial charge in [0.25, 0.3) is 0 Å². The van der Waals surface area contributed by atoms with Crippen LogP contribution >= 0.6 is 11.6 Å². The van der Waals surface area contributed by atoms with E-state index in [1.165, 1.54) is 0 Å². The lowest BCUT2D eigenvalue weighted by molar-refractivity contribution is -0.141. The number of fused-ring (bicyclic) bond motifs is 1. The van der Waals surface area contributed by atoms with Gasteiger partial charge in [0.15, 0.2) is 5.78 Å². The molecule has 2 fully saturated rings. The molecular formula is C34H45ClN6O4. The summed E-state index contributed by atoms with van der Waals surface area (Å²) in [4.78, 5) is 44.0. The van der Waals surface area contributed by atoms with Crippen LogP contribution in [0.15, 0.2) is 59.8 Å². The highest BCUT2D eigenvalue weighted by Crippen LogP contribution is 2.42. The molecule has 5 atom stereocenters. The first-order valence-electron chi connectivity index (χ1n) is 15.7. The molecule has 2 aromatic rings. The standard InChI is InChI=1S/C34H45ClN6O4/c1-20-5-12-24(13-6-20)37-33(45)39-30(34(2,3)4)32(44)41-16-15-40(18-21-7-10-23(35)11-8-21)27(19-41)31(43)38-26-17-22-9-14-25(22)28(36)29(26)42/h5-8,10-13,22,26-27,30-31,38,43H,9,14-19,36H2,1-4H3,(H2,37,39,45)/t22?,26?,27-,30-,31?/m1/s1. The topological polar surface area (TPSA) is 140 Å². The number of allylic oxidation sites excluding steroid dienone is 1. The van der Waals surface area contributed by atoms with Crippen LogP contribution in [0.3, 0.4) is 0 Å². The summed E-state index contributed by atoms with van der Waals surface area (Å²) in [6.45, 7) is 9.32. The van der Waals surface area contributed by atoms with Gasteiger partial charge in [0.2, 0.25) is 5.91 Å². The first-order valence-corrected chi connectivity index (χ1v) is 16.1. The number of Topliss-reactive ketones (excluding diaryl/α,β-unsaturated/α-hetero) is 1. The number of carbonyl (C=O) groups is 3. The normalized spacial score (nSPS) is 23.6. The Morgan fingerprint density at radius 1 is 1.09 bits per heavy atom. The summed E-state index contributed by atoms with van der Waals surface area (Å²) in [7, 11) is 0. The summed E-state index contributed by atoms with van der Waals surface area (Å²) >= 11 is 6.11. The molecular weight excluding hydrogens is 592 g/mol. The third-order valence-corrected chi connectivity index (χ3v) is 9.53. The van der Waals surface area contributed by atoms with Gasteiger partial charge in [-0.05, 0) is 72.9 Å². The third kappa shape index (κ3) is 7.69. The Morgan fingerprint density at radius 3 is 2.40 bits per heavy atom. The number of hydrogen-bond donors (Lipinski definition) is 5. The van der Waals surface area contributed by atoms with E-state index >= 15 is 0 Å². The molecule has 1 saturated carbocycles. The van der Waals surface area contributed by atoms with Crippen molar-refractivity contribution in [2.24, 2.45) is 17.1 Å². The summed E-state index contributed by atoms with van der Waals surface area (Å²) in [6, 6.07) is 12.6. The molecule has 1 heterocycles. The molecule has 5 rings (SSSR count). The molecule has 1 saturated heterocycles. The Kier molecular flexibility index (Phi) is 9.88. The number of ketones is 1. The second-order valence-electron chi connectivity index (χ2n) is 13.7. The van der Waals surface area contributed by atoms with Crippen molar-refractivity contribution in [2.75, 3.05) is 25.0 Å². The van der Waals surface area contributed by atoms with Crippen molar-refractivity contribution in [1.82, 2.24) is 20.4 Å². The summed E-state index contributed by atoms with van der Waals surface area (Å²) in [5, 5.41) is 21.2. The maximum atomic E-state index is 14.1. The first kappa shape index (κ1) is 32.9. The maximum Gasteiger partial charge on any atom is 0.319 e. The van der Waals surface area contributed by atoms with Gasteiger partial charge in [-0.3, -0.25) is 19.8 Å². The van der Waals surface area contributed by atoms with Gasteiger partial charge in [0, 0.05) is 36.9 Å². The average Bonchev–Trinajstić information content (AvgIpc) is 2.97. The smallest absolute Gasteiger partial charge is 0.319 e. The van der Waals surface area contributed by atoms with Gasteiger partial charge in [-0.1, -0.05) is 62.2 Å². The van der Waals surface area contributed by atoms with Crippen LogP contribution in [0.4, 0.5) is 10.5 Å². The minimum absolute atomic E-state index is 0.176. The number of nitrogens with one attached hydrogen (secondary N) is 3. The van der Waals surface area contributed by atoms with Gasteiger partial charge in [-0.25, -0.2) is 4.79 Å². The van der Waals surface area contributed by atoms with Gasteiger partial charge >= 0.3 is 6.03 Å². The molecule has 45 heavy (non-hydrogen) atoms. The van der Waals surface area contributed by atoms with Crippen LogP contribution in [0.1, 0.15) is 51.2 Å². The number of aryl methyl sites for hydroxylation is 1. The Bertz CT molecular complexity index is 1440. The lowest BCUT2D eigenvalue weighted by Crippen LogP contribution is -2.66. The summed E-state index contributed by atoms with van der Waals surface area (Å²) in [5.41, 5.74) is 9.67. The number of rotatable bonds is 8. The number of carbonyl (C=O) groups excluding carboxylic acids is 3. The predicted molar refractivity (Wildman–Crippen MR) is 175 cm³/mol. The monoisotopic (exact) mass is 636 g/mol. The SMILES string of the molecule is Cc1ccc(NC(=O)N[C@H](C(=O)N2CCN(Cc3ccc(Cl)cc3)[C@@H](C(O)NC3CC4CCC4=C(N)C3=O)C2)C(C)(C)C)cc1. The van der Waals surface area contributed by atoms with Crippen LogP contribution in [0.2, 0.25) is 5.02 Å². The van der Waals surface area contributed by atoms with E-state index in [4.69, 9.17) is 17.3 Å². The number of hydrogen-bond acceptors (Lipinski definition) is 7. The molecule has 3 amide bonds. The lowest BCUT2D eigenvalue weighted by atomic mass is 9.69. The van der Waals surface area contributed by atoms with Gasteiger partial charge in [-0.15, -0.1) is 0 Å². The molecule has 242 valence electrons. The van der Waals surface area contributed by atoms with Gasteiger partial charge in [-0.2, -0.15) is 0 Å². The number of halogens is 1. The van der Waals surface area contributed by atoms with Crippen molar-refractivity contribution in [1.29, 1.82) is 0 Å². The highest BCUT2D eigenvalue weighted by atomic mass is 35.5.